The molecule has 138 valence electrons. The van der Waals surface area contributed by atoms with Crippen LogP contribution < -0.4 is 16.0 Å². The van der Waals surface area contributed by atoms with E-state index in [1.165, 1.54) is 11.8 Å². The molecule has 0 aliphatic heterocycles. The van der Waals surface area contributed by atoms with Gasteiger partial charge in [-0.3, -0.25) is 4.79 Å². The van der Waals surface area contributed by atoms with E-state index in [4.69, 9.17) is 4.42 Å². The molecule has 1 aromatic heterocycles. The predicted molar refractivity (Wildman–Crippen MR) is 103 cm³/mol. The van der Waals surface area contributed by atoms with Gasteiger partial charge >= 0.3 is 6.03 Å². The largest absolute Gasteiger partial charge is 0.459 e. The maximum atomic E-state index is 12.0. The van der Waals surface area contributed by atoms with E-state index in [-0.39, 0.29) is 17.7 Å². The number of carbonyl (C=O) groups is 2. The SMILES string of the molecule is Cc1ccc(CNC(=O)NCc2cccc(NC(=O)c3ccco3)c2)cc1. The maximum absolute atomic E-state index is 12.0. The molecule has 0 radical (unpaired) electrons. The number of urea groups is 1. The van der Waals surface area contributed by atoms with Crippen LogP contribution in [0.1, 0.15) is 27.2 Å². The maximum Gasteiger partial charge on any atom is 0.315 e. The third kappa shape index (κ3) is 5.47. The summed E-state index contributed by atoms with van der Waals surface area (Å²) in [6.07, 6.45) is 1.45. The molecule has 0 aliphatic carbocycles. The molecule has 3 amide bonds. The van der Waals surface area contributed by atoms with Crippen LogP contribution in [0.4, 0.5) is 10.5 Å². The summed E-state index contributed by atoms with van der Waals surface area (Å²) in [5.41, 5.74) is 3.73. The van der Waals surface area contributed by atoms with Crippen molar-refractivity contribution >= 4 is 17.6 Å². The molecule has 0 bridgehead atoms. The van der Waals surface area contributed by atoms with Crippen molar-refractivity contribution in [2.24, 2.45) is 0 Å². The highest BCUT2D eigenvalue weighted by atomic mass is 16.3. The summed E-state index contributed by atoms with van der Waals surface area (Å²) in [4.78, 5) is 24.0. The van der Waals surface area contributed by atoms with E-state index in [1.807, 2.05) is 43.3 Å². The number of nitrogens with one attached hydrogen (secondary N) is 3. The van der Waals surface area contributed by atoms with E-state index in [9.17, 15) is 9.59 Å². The second kappa shape index (κ2) is 8.71. The predicted octanol–water partition coefficient (Wildman–Crippen LogP) is 3.84. The molecule has 2 aromatic carbocycles. The molecule has 6 heteroatoms. The molecule has 0 saturated carbocycles. The van der Waals surface area contributed by atoms with Gasteiger partial charge in [0.05, 0.1) is 6.26 Å². The minimum Gasteiger partial charge on any atom is -0.459 e. The van der Waals surface area contributed by atoms with Crippen molar-refractivity contribution in [3.05, 3.63) is 89.4 Å². The Hall–Kier alpha value is -3.54. The minimum absolute atomic E-state index is 0.244. The highest BCUT2D eigenvalue weighted by Gasteiger charge is 2.09. The minimum atomic E-state index is -0.319. The van der Waals surface area contributed by atoms with Crippen molar-refractivity contribution in [3.8, 4) is 0 Å². The highest BCUT2D eigenvalue weighted by Crippen LogP contribution is 2.12. The first-order chi connectivity index (χ1) is 13.1. The van der Waals surface area contributed by atoms with E-state index in [1.54, 1.807) is 24.3 Å². The lowest BCUT2D eigenvalue weighted by Crippen LogP contribution is -2.34. The van der Waals surface area contributed by atoms with Gasteiger partial charge in [0.25, 0.3) is 5.91 Å². The lowest BCUT2D eigenvalue weighted by molar-refractivity contribution is 0.0996. The summed E-state index contributed by atoms with van der Waals surface area (Å²) >= 11 is 0. The molecule has 3 N–H and O–H groups in total. The third-order valence-corrected chi connectivity index (χ3v) is 3.96. The molecular weight excluding hydrogens is 342 g/mol. The van der Waals surface area contributed by atoms with Crippen molar-refractivity contribution in [1.82, 2.24) is 10.6 Å². The van der Waals surface area contributed by atoms with E-state index < -0.39 is 0 Å². The average Bonchev–Trinajstić information content (AvgIpc) is 3.21. The zero-order valence-electron chi connectivity index (χ0n) is 15.0. The average molecular weight is 363 g/mol. The molecule has 0 fully saturated rings. The Morgan fingerprint density at radius 2 is 1.63 bits per heavy atom. The zero-order valence-corrected chi connectivity index (χ0v) is 15.0. The normalized spacial score (nSPS) is 10.3. The van der Waals surface area contributed by atoms with Gasteiger partial charge in [-0.15, -0.1) is 0 Å². The fourth-order valence-electron chi connectivity index (χ4n) is 2.49. The summed E-state index contributed by atoms with van der Waals surface area (Å²) in [6.45, 7) is 2.84. The summed E-state index contributed by atoms with van der Waals surface area (Å²) in [6, 6.07) is 18.3. The van der Waals surface area contributed by atoms with Gasteiger partial charge in [-0.2, -0.15) is 0 Å². The van der Waals surface area contributed by atoms with Crippen LogP contribution in [-0.4, -0.2) is 11.9 Å². The van der Waals surface area contributed by atoms with Crippen molar-refractivity contribution in [3.63, 3.8) is 0 Å². The van der Waals surface area contributed by atoms with E-state index in [0.29, 0.717) is 18.8 Å². The van der Waals surface area contributed by atoms with Gasteiger partial charge in [-0.1, -0.05) is 42.0 Å². The molecule has 1 heterocycles. The smallest absolute Gasteiger partial charge is 0.315 e. The van der Waals surface area contributed by atoms with Gasteiger partial charge in [0.15, 0.2) is 5.76 Å². The fourth-order valence-corrected chi connectivity index (χ4v) is 2.49. The van der Waals surface area contributed by atoms with Gasteiger partial charge in [0.2, 0.25) is 0 Å². The van der Waals surface area contributed by atoms with Crippen LogP contribution >= 0.6 is 0 Å². The Morgan fingerprint density at radius 3 is 2.33 bits per heavy atom. The molecule has 0 spiro atoms. The number of hydrogen-bond donors (Lipinski definition) is 3. The van der Waals surface area contributed by atoms with E-state index >= 15 is 0 Å². The van der Waals surface area contributed by atoms with Crippen LogP contribution in [0.3, 0.4) is 0 Å². The summed E-state index contributed by atoms with van der Waals surface area (Å²) in [5.74, 6) is -0.0741. The Morgan fingerprint density at radius 1 is 0.889 bits per heavy atom. The first kappa shape index (κ1) is 18.3. The number of aryl methyl sites for hydroxylation is 1. The summed E-state index contributed by atoms with van der Waals surface area (Å²) in [7, 11) is 0. The summed E-state index contributed by atoms with van der Waals surface area (Å²) < 4.78 is 5.07. The van der Waals surface area contributed by atoms with Crippen molar-refractivity contribution in [2.45, 2.75) is 20.0 Å². The Labute approximate surface area is 157 Å². The van der Waals surface area contributed by atoms with Crippen LogP contribution in [0, 0.1) is 6.92 Å². The second-order valence-corrected chi connectivity index (χ2v) is 6.15. The van der Waals surface area contributed by atoms with Gasteiger partial charge in [0, 0.05) is 18.8 Å². The molecule has 27 heavy (non-hydrogen) atoms. The molecule has 0 atom stereocenters. The number of hydrogen-bond acceptors (Lipinski definition) is 3. The summed E-state index contributed by atoms with van der Waals surface area (Å²) in [5, 5.41) is 8.39. The molecular formula is C21H21N3O3. The Bertz CT molecular complexity index is 903. The molecule has 0 aliphatic rings. The first-order valence-electron chi connectivity index (χ1n) is 8.61. The standard InChI is InChI=1S/C21H21N3O3/c1-15-7-9-16(10-8-15)13-22-21(26)23-14-17-4-2-5-18(12-17)24-20(25)19-6-3-11-27-19/h2-12H,13-14H2,1H3,(H,24,25)(H2,22,23,26). The number of anilines is 1. The van der Waals surface area contributed by atoms with Gasteiger partial charge < -0.3 is 20.4 Å². The van der Waals surface area contributed by atoms with Crippen LogP contribution in [-0.2, 0) is 13.1 Å². The molecule has 6 nitrogen and oxygen atoms in total. The van der Waals surface area contributed by atoms with E-state index in [2.05, 4.69) is 16.0 Å². The van der Waals surface area contributed by atoms with Gasteiger partial charge in [-0.25, -0.2) is 4.79 Å². The Balaban J connectivity index is 1.48. The van der Waals surface area contributed by atoms with Crippen molar-refractivity contribution < 1.29 is 14.0 Å². The topological polar surface area (TPSA) is 83.4 Å². The first-order valence-corrected chi connectivity index (χ1v) is 8.61. The lowest BCUT2D eigenvalue weighted by Gasteiger charge is -2.09. The van der Waals surface area contributed by atoms with Crippen molar-refractivity contribution in [2.75, 3.05) is 5.32 Å². The third-order valence-electron chi connectivity index (χ3n) is 3.96. The number of amides is 3. The van der Waals surface area contributed by atoms with Crippen molar-refractivity contribution in [1.29, 1.82) is 0 Å². The van der Waals surface area contributed by atoms with Crippen LogP contribution in [0.15, 0.2) is 71.3 Å². The monoisotopic (exact) mass is 363 g/mol. The lowest BCUT2D eigenvalue weighted by atomic mass is 10.1. The number of furan rings is 1. The number of carbonyl (C=O) groups excluding carboxylic acids is 2. The van der Waals surface area contributed by atoms with E-state index in [0.717, 1.165) is 11.1 Å². The number of benzene rings is 2. The van der Waals surface area contributed by atoms with Crippen LogP contribution in [0.5, 0.6) is 0 Å². The molecule has 0 saturated heterocycles. The second-order valence-electron chi connectivity index (χ2n) is 6.15. The Kier molecular flexibility index (Phi) is 5.89. The number of rotatable bonds is 6. The van der Waals surface area contributed by atoms with Gasteiger partial charge in [0.1, 0.15) is 0 Å². The quantitative estimate of drug-likeness (QED) is 0.622. The van der Waals surface area contributed by atoms with Crippen LogP contribution in [0.25, 0.3) is 0 Å². The molecule has 0 unspecified atom stereocenters. The zero-order chi connectivity index (χ0) is 19.1. The van der Waals surface area contributed by atoms with Gasteiger partial charge in [-0.05, 0) is 42.3 Å². The molecule has 3 aromatic rings. The molecule has 3 rings (SSSR count). The highest BCUT2D eigenvalue weighted by molar-refractivity contribution is 6.02. The van der Waals surface area contributed by atoms with Crippen LogP contribution in [0.2, 0.25) is 0 Å². The fraction of sp³-hybridized carbons (Fsp3) is 0.143.